The van der Waals surface area contributed by atoms with Crippen LogP contribution in [0.2, 0.25) is 0 Å². The minimum atomic E-state index is -0.0918. The molecule has 134 valence electrons. The highest BCUT2D eigenvalue weighted by Gasteiger charge is 2.20. The Morgan fingerprint density at radius 1 is 1.25 bits per heavy atom. The van der Waals surface area contributed by atoms with E-state index in [-0.39, 0.29) is 18.4 Å². The Morgan fingerprint density at radius 2 is 2.08 bits per heavy atom. The third kappa shape index (κ3) is 5.81. The van der Waals surface area contributed by atoms with Crippen molar-refractivity contribution in [2.75, 3.05) is 51.8 Å². The van der Waals surface area contributed by atoms with E-state index in [1.54, 1.807) is 4.90 Å². The van der Waals surface area contributed by atoms with Gasteiger partial charge in [0.15, 0.2) is 0 Å². The Bertz CT molecular complexity index is 551. The van der Waals surface area contributed by atoms with Crippen molar-refractivity contribution in [3.8, 4) is 0 Å². The summed E-state index contributed by atoms with van der Waals surface area (Å²) in [5.41, 5.74) is 0. The number of rotatable bonds is 7. The van der Waals surface area contributed by atoms with Gasteiger partial charge in [-0.25, -0.2) is 0 Å². The maximum Gasteiger partial charge on any atom is 0.248 e. The fourth-order valence-electron chi connectivity index (χ4n) is 2.57. The quantitative estimate of drug-likeness (QED) is 0.771. The van der Waals surface area contributed by atoms with Crippen LogP contribution in [0.15, 0.2) is 0 Å². The van der Waals surface area contributed by atoms with E-state index in [0.29, 0.717) is 31.3 Å². The van der Waals surface area contributed by atoms with Gasteiger partial charge in [0.25, 0.3) is 0 Å². The van der Waals surface area contributed by atoms with Gasteiger partial charge in [-0.05, 0) is 12.8 Å². The second-order valence-corrected chi connectivity index (χ2v) is 6.80. The van der Waals surface area contributed by atoms with E-state index < -0.39 is 0 Å². The van der Waals surface area contributed by atoms with Gasteiger partial charge in [-0.15, -0.1) is 10.2 Å². The standard InChI is InChI=1S/C15H25N5O3S/c1-3-5-13-17-18-15(24-13)16-12(21)10-19-6-4-7-20(9-8-19)14(22)11-23-2/h3-11H2,1-2H3,(H,16,18,21). The van der Waals surface area contributed by atoms with Crippen molar-refractivity contribution in [2.24, 2.45) is 0 Å². The molecular weight excluding hydrogens is 330 g/mol. The second kappa shape index (κ2) is 9.65. The number of nitrogens with zero attached hydrogens (tertiary/aromatic N) is 4. The van der Waals surface area contributed by atoms with Gasteiger partial charge < -0.3 is 9.64 Å². The van der Waals surface area contributed by atoms with Crippen molar-refractivity contribution in [3.63, 3.8) is 0 Å². The zero-order valence-corrected chi connectivity index (χ0v) is 15.1. The Labute approximate surface area is 146 Å². The zero-order chi connectivity index (χ0) is 17.4. The first kappa shape index (κ1) is 18.8. The molecule has 0 unspecified atom stereocenters. The van der Waals surface area contributed by atoms with Crippen molar-refractivity contribution in [1.82, 2.24) is 20.0 Å². The van der Waals surface area contributed by atoms with Crippen molar-refractivity contribution >= 4 is 28.3 Å². The summed E-state index contributed by atoms with van der Waals surface area (Å²) in [6, 6.07) is 0. The molecule has 0 radical (unpaired) electrons. The Kier molecular flexibility index (Phi) is 7.54. The fraction of sp³-hybridized carbons (Fsp3) is 0.733. The molecule has 0 bridgehead atoms. The molecule has 0 spiro atoms. The van der Waals surface area contributed by atoms with Gasteiger partial charge in [-0.1, -0.05) is 18.3 Å². The topological polar surface area (TPSA) is 87.7 Å². The second-order valence-electron chi connectivity index (χ2n) is 5.74. The molecule has 1 aliphatic rings. The largest absolute Gasteiger partial charge is 0.375 e. The monoisotopic (exact) mass is 355 g/mol. The first-order chi connectivity index (χ1) is 11.6. The number of anilines is 1. The number of nitrogens with one attached hydrogen (secondary N) is 1. The summed E-state index contributed by atoms with van der Waals surface area (Å²) >= 11 is 1.42. The Morgan fingerprint density at radius 3 is 2.83 bits per heavy atom. The lowest BCUT2D eigenvalue weighted by atomic mass is 10.3. The predicted molar refractivity (Wildman–Crippen MR) is 92.0 cm³/mol. The van der Waals surface area contributed by atoms with Gasteiger partial charge in [-0.3, -0.25) is 19.8 Å². The van der Waals surface area contributed by atoms with Crippen molar-refractivity contribution in [1.29, 1.82) is 0 Å². The average molecular weight is 355 g/mol. The highest BCUT2D eigenvalue weighted by atomic mass is 32.1. The van der Waals surface area contributed by atoms with Crippen LogP contribution in [0.5, 0.6) is 0 Å². The molecule has 0 aromatic carbocycles. The first-order valence-corrected chi connectivity index (χ1v) is 9.05. The van der Waals surface area contributed by atoms with Crippen LogP contribution in [0.3, 0.4) is 0 Å². The molecule has 1 N–H and O–H groups in total. The van der Waals surface area contributed by atoms with Gasteiger partial charge in [-0.2, -0.15) is 0 Å². The molecule has 2 heterocycles. The van der Waals surface area contributed by atoms with E-state index in [4.69, 9.17) is 4.74 Å². The minimum Gasteiger partial charge on any atom is -0.375 e. The number of hydrogen-bond donors (Lipinski definition) is 1. The summed E-state index contributed by atoms with van der Waals surface area (Å²) in [6.45, 7) is 5.29. The third-order valence-electron chi connectivity index (χ3n) is 3.75. The van der Waals surface area contributed by atoms with Crippen LogP contribution >= 0.6 is 11.3 Å². The van der Waals surface area contributed by atoms with Crippen LogP contribution in [0, 0.1) is 0 Å². The molecule has 1 aromatic rings. The lowest BCUT2D eigenvalue weighted by Gasteiger charge is -2.21. The fourth-order valence-corrected chi connectivity index (χ4v) is 3.43. The van der Waals surface area contributed by atoms with E-state index in [1.807, 2.05) is 0 Å². The number of ether oxygens (including phenoxy) is 1. The molecule has 2 rings (SSSR count). The van der Waals surface area contributed by atoms with E-state index in [9.17, 15) is 9.59 Å². The van der Waals surface area contributed by atoms with Crippen LogP contribution in [0.25, 0.3) is 0 Å². The molecule has 1 aliphatic heterocycles. The summed E-state index contributed by atoms with van der Waals surface area (Å²) < 4.78 is 4.89. The van der Waals surface area contributed by atoms with Gasteiger partial charge in [0, 0.05) is 39.7 Å². The first-order valence-electron chi connectivity index (χ1n) is 8.23. The van der Waals surface area contributed by atoms with Gasteiger partial charge in [0.1, 0.15) is 11.6 Å². The average Bonchev–Trinajstić information content (AvgIpc) is 2.84. The number of carbonyl (C=O) groups is 2. The normalized spacial score (nSPS) is 16.0. The molecule has 8 nitrogen and oxygen atoms in total. The Hall–Kier alpha value is -1.58. The van der Waals surface area contributed by atoms with Gasteiger partial charge in [0.05, 0.1) is 6.54 Å². The number of amides is 2. The lowest BCUT2D eigenvalue weighted by Crippen LogP contribution is -2.39. The van der Waals surface area contributed by atoms with E-state index >= 15 is 0 Å². The van der Waals surface area contributed by atoms with Crippen LogP contribution in [-0.2, 0) is 20.7 Å². The van der Waals surface area contributed by atoms with E-state index in [0.717, 1.165) is 30.8 Å². The zero-order valence-electron chi connectivity index (χ0n) is 14.3. The minimum absolute atomic E-state index is 0.00103. The van der Waals surface area contributed by atoms with Crippen LogP contribution in [0.4, 0.5) is 5.13 Å². The number of aromatic nitrogens is 2. The predicted octanol–water partition coefficient (Wildman–Crippen LogP) is 0.610. The SMILES string of the molecule is CCCc1nnc(NC(=O)CN2CCCN(C(=O)COC)CC2)s1. The third-order valence-corrected chi connectivity index (χ3v) is 4.65. The molecule has 0 atom stereocenters. The number of aryl methyl sites for hydroxylation is 1. The molecule has 1 saturated heterocycles. The molecule has 2 amide bonds. The van der Waals surface area contributed by atoms with Crippen LogP contribution in [0.1, 0.15) is 24.8 Å². The molecule has 0 aliphatic carbocycles. The van der Waals surface area contributed by atoms with Crippen LogP contribution in [-0.4, -0.2) is 78.3 Å². The summed E-state index contributed by atoms with van der Waals surface area (Å²) in [6.07, 6.45) is 2.74. The molecule has 1 aromatic heterocycles. The van der Waals surface area contributed by atoms with E-state index in [1.165, 1.54) is 18.4 Å². The molecular formula is C15H25N5O3S. The molecule has 1 fully saturated rings. The summed E-state index contributed by atoms with van der Waals surface area (Å²) in [4.78, 5) is 27.9. The smallest absolute Gasteiger partial charge is 0.248 e. The van der Waals surface area contributed by atoms with Gasteiger partial charge >= 0.3 is 0 Å². The maximum atomic E-state index is 12.2. The summed E-state index contributed by atoms with van der Waals surface area (Å²) in [5, 5.41) is 12.3. The van der Waals surface area contributed by atoms with Gasteiger partial charge in [0.2, 0.25) is 16.9 Å². The van der Waals surface area contributed by atoms with Crippen molar-refractivity contribution < 1.29 is 14.3 Å². The van der Waals surface area contributed by atoms with Crippen molar-refractivity contribution in [2.45, 2.75) is 26.2 Å². The maximum absolute atomic E-state index is 12.2. The highest BCUT2D eigenvalue weighted by Crippen LogP contribution is 2.16. The molecule has 24 heavy (non-hydrogen) atoms. The van der Waals surface area contributed by atoms with Crippen molar-refractivity contribution in [3.05, 3.63) is 5.01 Å². The van der Waals surface area contributed by atoms with E-state index in [2.05, 4.69) is 27.3 Å². The molecule has 9 heteroatoms. The number of methoxy groups -OCH3 is 1. The van der Waals surface area contributed by atoms with Crippen LogP contribution < -0.4 is 5.32 Å². The number of hydrogen-bond acceptors (Lipinski definition) is 7. The lowest BCUT2D eigenvalue weighted by molar-refractivity contribution is -0.135. The summed E-state index contributed by atoms with van der Waals surface area (Å²) in [7, 11) is 1.52. The Balaban J connectivity index is 1.78. The number of carbonyl (C=O) groups excluding carboxylic acids is 2. The molecule has 0 saturated carbocycles. The summed E-state index contributed by atoms with van der Waals surface area (Å²) in [5.74, 6) is -0.0908. The highest BCUT2D eigenvalue weighted by molar-refractivity contribution is 7.15.